The Morgan fingerprint density at radius 1 is 1.00 bits per heavy atom. The van der Waals surface area contributed by atoms with Gasteiger partial charge in [0.1, 0.15) is 17.4 Å². The van der Waals surface area contributed by atoms with Gasteiger partial charge in [0.2, 0.25) is 0 Å². The molecular weight excluding hydrogens is 346 g/mol. The summed E-state index contributed by atoms with van der Waals surface area (Å²) in [6.45, 7) is 2.83. The fourth-order valence-corrected chi connectivity index (χ4v) is 3.14. The zero-order valence-electron chi connectivity index (χ0n) is 13.9. The standard InChI is InChI=1S/C19H17F4N3/c20-17-5-2-6-18(16(17)12-24)26-9-7-25(8-10-26)13-14-3-1-4-15(11-14)19(21,22)23/h1-6,11H,7-10,13H2. The van der Waals surface area contributed by atoms with Crippen LogP contribution in [0.25, 0.3) is 0 Å². The molecule has 1 aliphatic rings. The Kier molecular flexibility index (Phi) is 5.14. The molecule has 0 spiro atoms. The largest absolute Gasteiger partial charge is 0.416 e. The van der Waals surface area contributed by atoms with E-state index in [2.05, 4.69) is 4.90 Å². The summed E-state index contributed by atoms with van der Waals surface area (Å²) in [7, 11) is 0. The van der Waals surface area contributed by atoms with Crippen molar-refractivity contribution in [2.75, 3.05) is 31.1 Å². The van der Waals surface area contributed by atoms with Crippen LogP contribution < -0.4 is 4.90 Å². The van der Waals surface area contributed by atoms with Crippen LogP contribution in [0.5, 0.6) is 0 Å². The first-order chi connectivity index (χ1) is 12.4. The third-order valence-corrected chi connectivity index (χ3v) is 4.48. The van der Waals surface area contributed by atoms with E-state index in [1.165, 1.54) is 18.2 Å². The van der Waals surface area contributed by atoms with Gasteiger partial charge >= 0.3 is 6.18 Å². The summed E-state index contributed by atoms with van der Waals surface area (Å²) in [5.74, 6) is -0.545. The highest BCUT2D eigenvalue weighted by atomic mass is 19.4. The lowest BCUT2D eigenvalue weighted by atomic mass is 10.1. The Bertz CT molecular complexity index is 818. The summed E-state index contributed by atoms with van der Waals surface area (Å²) in [4.78, 5) is 3.99. The van der Waals surface area contributed by atoms with E-state index in [0.717, 1.165) is 6.07 Å². The molecule has 0 aromatic heterocycles. The monoisotopic (exact) mass is 363 g/mol. The lowest BCUT2D eigenvalue weighted by molar-refractivity contribution is -0.137. The lowest BCUT2D eigenvalue weighted by Crippen LogP contribution is -2.46. The molecule has 0 atom stereocenters. The molecule has 1 saturated heterocycles. The molecule has 136 valence electrons. The van der Waals surface area contributed by atoms with Crippen LogP contribution in [0, 0.1) is 17.1 Å². The lowest BCUT2D eigenvalue weighted by Gasteiger charge is -2.36. The van der Waals surface area contributed by atoms with Crippen molar-refractivity contribution in [1.29, 1.82) is 5.26 Å². The molecule has 7 heteroatoms. The minimum atomic E-state index is -4.35. The van der Waals surface area contributed by atoms with Crippen LogP contribution >= 0.6 is 0 Å². The average molecular weight is 363 g/mol. The van der Waals surface area contributed by atoms with Crippen molar-refractivity contribution in [2.45, 2.75) is 12.7 Å². The predicted octanol–water partition coefficient (Wildman–Crippen LogP) is 4.04. The molecule has 0 radical (unpaired) electrons. The number of anilines is 1. The van der Waals surface area contributed by atoms with Crippen molar-refractivity contribution in [3.8, 4) is 6.07 Å². The van der Waals surface area contributed by atoms with Gasteiger partial charge in [-0.3, -0.25) is 4.90 Å². The second-order valence-corrected chi connectivity index (χ2v) is 6.21. The van der Waals surface area contributed by atoms with Gasteiger partial charge in [-0.25, -0.2) is 4.39 Å². The van der Waals surface area contributed by atoms with E-state index in [0.29, 0.717) is 44.0 Å². The number of halogens is 4. The summed E-state index contributed by atoms with van der Waals surface area (Å²) < 4.78 is 52.2. The number of alkyl halides is 3. The van der Waals surface area contributed by atoms with Crippen molar-refractivity contribution in [2.24, 2.45) is 0 Å². The molecule has 0 N–H and O–H groups in total. The number of hydrogen-bond donors (Lipinski definition) is 0. The molecule has 26 heavy (non-hydrogen) atoms. The predicted molar refractivity (Wildman–Crippen MR) is 90.0 cm³/mol. The first-order valence-corrected chi connectivity index (χ1v) is 8.20. The van der Waals surface area contributed by atoms with Crippen molar-refractivity contribution < 1.29 is 17.6 Å². The number of benzene rings is 2. The third-order valence-electron chi connectivity index (χ3n) is 4.48. The minimum absolute atomic E-state index is 0.0267. The van der Waals surface area contributed by atoms with Gasteiger partial charge in [-0.1, -0.05) is 24.3 Å². The van der Waals surface area contributed by atoms with Gasteiger partial charge in [-0.15, -0.1) is 0 Å². The van der Waals surface area contributed by atoms with E-state index in [1.807, 2.05) is 11.0 Å². The van der Waals surface area contributed by atoms with E-state index < -0.39 is 17.6 Å². The van der Waals surface area contributed by atoms with Gasteiger partial charge in [-0.05, 0) is 23.8 Å². The molecule has 0 saturated carbocycles. The first-order valence-electron chi connectivity index (χ1n) is 8.20. The third kappa shape index (κ3) is 3.97. The van der Waals surface area contributed by atoms with Gasteiger partial charge in [0, 0.05) is 32.7 Å². The summed E-state index contributed by atoms with van der Waals surface area (Å²) in [6, 6.07) is 11.8. The Morgan fingerprint density at radius 3 is 2.35 bits per heavy atom. The molecule has 0 bridgehead atoms. The van der Waals surface area contributed by atoms with E-state index >= 15 is 0 Å². The van der Waals surface area contributed by atoms with Crippen LogP contribution in [0.2, 0.25) is 0 Å². The van der Waals surface area contributed by atoms with Crippen molar-refractivity contribution in [3.05, 3.63) is 65.0 Å². The van der Waals surface area contributed by atoms with E-state index in [4.69, 9.17) is 5.26 Å². The molecule has 1 aliphatic heterocycles. The van der Waals surface area contributed by atoms with Crippen molar-refractivity contribution in [1.82, 2.24) is 4.90 Å². The highest BCUT2D eigenvalue weighted by molar-refractivity contribution is 5.60. The highest BCUT2D eigenvalue weighted by Gasteiger charge is 2.30. The quantitative estimate of drug-likeness (QED) is 0.771. The molecule has 1 fully saturated rings. The fraction of sp³-hybridized carbons (Fsp3) is 0.316. The Balaban J connectivity index is 1.65. The molecule has 0 unspecified atom stereocenters. The van der Waals surface area contributed by atoms with Crippen LogP contribution in [-0.4, -0.2) is 31.1 Å². The maximum Gasteiger partial charge on any atom is 0.416 e. The van der Waals surface area contributed by atoms with E-state index in [-0.39, 0.29) is 5.56 Å². The summed E-state index contributed by atoms with van der Waals surface area (Å²) in [5, 5.41) is 9.15. The number of nitrogens with zero attached hydrogens (tertiary/aromatic N) is 3. The van der Waals surface area contributed by atoms with Crippen LogP contribution in [0.4, 0.5) is 23.2 Å². The molecule has 2 aromatic carbocycles. The Morgan fingerprint density at radius 2 is 1.69 bits per heavy atom. The Labute approximate surface area is 149 Å². The van der Waals surface area contributed by atoms with Crippen LogP contribution in [-0.2, 0) is 12.7 Å². The normalized spacial score (nSPS) is 15.7. The molecule has 0 amide bonds. The molecule has 1 heterocycles. The molecule has 3 nitrogen and oxygen atoms in total. The Hall–Kier alpha value is -2.59. The van der Waals surface area contributed by atoms with E-state index in [1.54, 1.807) is 18.2 Å². The van der Waals surface area contributed by atoms with Crippen LogP contribution in [0.3, 0.4) is 0 Å². The summed E-state index contributed by atoms with van der Waals surface area (Å²) in [5.41, 5.74) is 0.550. The van der Waals surface area contributed by atoms with Gasteiger partial charge in [0.25, 0.3) is 0 Å². The van der Waals surface area contributed by atoms with Gasteiger partial charge in [-0.2, -0.15) is 18.4 Å². The number of nitriles is 1. The number of hydrogen-bond acceptors (Lipinski definition) is 3. The van der Waals surface area contributed by atoms with Crippen molar-refractivity contribution >= 4 is 5.69 Å². The molecule has 3 rings (SSSR count). The zero-order valence-corrected chi connectivity index (χ0v) is 13.9. The molecule has 0 aliphatic carbocycles. The SMILES string of the molecule is N#Cc1c(F)cccc1N1CCN(Cc2cccc(C(F)(F)F)c2)CC1. The highest BCUT2D eigenvalue weighted by Crippen LogP contribution is 2.30. The number of piperazine rings is 1. The smallest absolute Gasteiger partial charge is 0.368 e. The second kappa shape index (κ2) is 7.34. The van der Waals surface area contributed by atoms with Gasteiger partial charge in [0.05, 0.1) is 11.3 Å². The topological polar surface area (TPSA) is 30.3 Å². The molecular formula is C19H17F4N3. The van der Waals surface area contributed by atoms with Crippen LogP contribution in [0.1, 0.15) is 16.7 Å². The van der Waals surface area contributed by atoms with Crippen LogP contribution in [0.15, 0.2) is 42.5 Å². The summed E-state index contributed by atoms with van der Waals surface area (Å²) in [6.07, 6.45) is -4.35. The van der Waals surface area contributed by atoms with Gasteiger partial charge < -0.3 is 4.90 Å². The first kappa shape index (κ1) is 18.2. The molecule has 2 aromatic rings. The van der Waals surface area contributed by atoms with E-state index in [9.17, 15) is 17.6 Å². The fourth-order valence-electron chi connectivity index (χ4n) is 3.14. The van der Waals surface area contributed by atoms with Crippen molar-refractivity contribution in [3.63, 3.8) is 0 Å². The maximum atomic E-state index is 13.8. The minimum Gasteiger partial charge on any atom is -0.368 e. The zero-order chi connectivity index (χ0) is 18.7. The number of rotatable bonds is 3. The second-order valence-electron chi connectivity index (χ2n) is 6.21. The maximum absolute atomic E-state index is 13.8. The average Bonchev–Trinajstić information content (AvgIpc) is 2.62. The summed E-state index contributed by atoms with van der Waals surface area (Å²) >= 11 is 0. The van der Waals surface area contributed by atoms with Gasteiger partial charge in [0.15, 0.2) is 0 Å².